The molecule has 1 fully saturated rings. The number of aromatic amines is 1. The summed E-state index contributed by atoms with van der Waals surface area (Å²) in [5.74, 6) is 1.49. The molecule has 1 aliphatic heterocycles. The van der Waals surface area contributed by atoms with Crippen LogP contribution in [0.3, 0.4) is 0 Å². The SMILES string of the molecule is Cc1cc(C)n(-c2cccc(-c3nc(N4CCOCC4)n[nH]3)c2)n1. The van der Waals surface area contributed by atoms with Gasteiger partial charge in [-0.05, 0) is 32.0 Å². The Bertz CT molecular complexity index is 846. The van der Waals surface area contributed by atoms with Crippen LogP contribution in [0.25, 0.3) is 17.1 Å². The summed E-state index contributed by atoms with van der Waals surface area (Å²) in [6, 6.07) is 10.2. The molecule has 0 spiro atoms. The minimum Gasteiger partial charge on any atom is -0.378 e. The molecule has 7 heteroatoms. The van der Waals surface area contributed by atoms with Crippen LogP contribution in [0.2, 0.25) is 0 Å². The van der Waals surface area contributed by atoms with Gasteiger partial charge in [0.1, 0.15) is 0 Å². The standard InChI is InChI=1S/C17H20N6O/c1-12-10-13(2)23(21-12)15-5-3-4-14(11-15)16-18-17(20-19-16)22-6-8-24-9-7-22/h3-5,10-11H,6-9H2,1-2H3,(H,18,19,20). The zero-order chi connectivity index (χ0) is 16.5. The minimum atomic E-state index is 0.720. The molecule has 124 valence electrons. The van der Waals surface area contributed by atoms with Gasteiger partial charge in [0.2, 0.25) is 5.95 Å². The molecule has 0 unspecified atom stereocenters. The molecular weight excluding hydrogens is 304 g/mol. The maximum Gasteiger partial charge on any atom is 0.245 e. The maximum atomic E-state index is 5.37. The minimum absolute atomic E-state index is 0.720. The van der Waals surface area contributed by atoms with E-state index in [1.165, 1.54) is 0 Å². The molecule has 0 amide bonds. The van der Waals surface area contributed by atoms with Gasteiger partial charge in [0.05, 0.1) is 24.6 Å². The topological polar surface area (TPSA) is 71.9 Å². The fourth-order valence-electron chi connectivity index (χ4n) is 2.96. The van der Waals surface area contributed by atoms with E-state index < -0.39 is 0 Å². The number of nitrogens with zero attached hydrogens (tertiary/aromatic N) is 5. The van der Waals surface area contributed by atoms with Gasteiger partial charge in [-0.15, -0.1) is 5.10 Å². The lowest BCUT2D eigenvalue weighted by molar-refractivity contribution is 0.122. The van der Waals surface area contributed by atoms with Gasteiger partial charge < -0.3 is 9.64 Å². The number of ether oxygens (including phenoxy) is 1. The third kappa shape index (κ3) is 2.78. The Morgan fingerprint density at radius 3 is 2.71 bits per heavy atom. The van der Waals surface area contributed by atoms with E-state index in [0.29, 0.717) is 0 Å². The predicted octanol–water partition coefficient (Wildman–Crippen LogP) is 2.11. The second-order valence-corrected chi connectivity index (χ2v) is 5.97. The lowest BCUT2D eigenvalue weighted by Gasteiger charge is -2.25. The predicted molar refractivity (Wildman–Crippen MR) is 91.4 cm³/mol. The molecule has 0 bridgehead atoms. The van der Waals surface area contributed by atoms with Crippen molar-refractivity contribution in [2.24, 2.45) is 0 Å². The summed E-state index contributed by atoms with van der Waals surface area (Å²) in [7, 11) is 0. The molecule has 0 saturated carbocycles. The summed E-state index contributed by atoms with van der Waals surface area (Å²) in [4.78, 5) is 6.77. The first kappa shape index (κ1) is 14.9. The normalized spacial score (nSPS) is 15.0. The average Bonchev–Trinajstić information content (AvgIpc) is 3.22. The second-order valence-electron chi connectivity index (χ2n) is 5.97. The van der Waals surface area contributed by atoms with Gasteiger partial charge >= 0.3 is 0 Å². The zero-order valence-electron chi connectivity index (χ0n) is 13.9. The largest absolute Gasteiger partial charge is 0.378 e. The molecule has 4 rings (SSSR count). The Morgan fingerprint density at radius 1 is 1.12 bits per heavy atom. The van der Waals surface area contributed by atoms with Gasteiger partial charge in [-0.25, -0.2) is 4.68 Å². The lowest BCUT2D eigenvalue weighted by Crippen LogP contribution is -2.36. The highest BCUT2D eigenvalue weighted by Crippen LogP contribution is 2.22. The van der Waals surface area contributed by atoms with Crippen LogP contribution in [-0.2, 0) is 4.74 Å². The Hall–Kier alpha value is -2.67. The number of anilines is 1. The molecular formula is C17H20N6O. The van der Waals surface area contributed by atoms with Gasteiger partial charge in [-0.1, -0.05) is 12.1 Å². The van der Waals surface area contributed by atoms with E-state index in [1.54, 1.807) is 0 Å². The average molecular weight is 324 g/mol. The smallest absolute Gasteiger partial charge is 0.245 e. The number of rotatable bonds is 3. The number of morpholine rings is 1. The molecule has 1 saturated heterocycles. The van der Waals surface area contributed by atoms with Crippen molar-refractivity contribution in [2.45, 2.75) is 13.8 Å². The number of hydrogen-bond donors (Lipinski definition) is 1. The van der Waals surface area contributed by atoms with E-state index in [2.05, 4.69) is 44.2 Å². The molecule has 7 nitrogen and oxygen atoms in total. The number of H-pyrrole nitrogens is 1. The fraction of sp³-hybridized carbons (Fsp3) is 0.353. The highest BCUT2D eigenvalue weighted by molar-refractivity contribution is 5.60. The first-order valence-electron chi connectivity index (χ1n) is 8.10. The first-order valence-corrected chi connectivity index (χ1v) is 8.10. The van der Waals surface area contributed by atoms with E-state index in [0.717, 1.165) is 60.7 Å². The van der Waals surface area contributed by atoms with Crippen molar-refractivity contribution >= 4 is 5.95 Å². The van der Waals surface area contributed by atoms with Crippen molar-refractivity contribution in [3.8, 4) is 17.1 Å². The van der Waals surface area contributed by atoms with E-state index in [9.17, 15) is 0 Å². The van der Waals surface area contributed by atoms with Crippen LogP contribution in [0.5, 0.6) is 0 Å². The van der Waals surface area contributed by atoms with Crippen LogP contribution in [0.15, 0.2) is 30.3 Å². The van der Waals surface area contributed by atoms with Gasteiger partial charge in [0.25, 0.3) is 0 Å². The first-order chi connectivity index (χ1) is 11.7. The molecule has 24 heavy (non-hydrogen) atoms. The maximum absolute atomic E-state index is 5.37. The number of aryl methyl sites for hydroxylation is 2. The van der Waals surface area contributed by atoms with E-state index >= 15 is 0 Å². The Morgan fingerprint density at radius 2 is 1.96 bits per heavy atom. The molecule has 1 N–H and O–H groups in total. The highest BCUT2D eigenvalue weighted by atomic mass is 16.5. The van der Waals surface area contributed by atoms with Crippen molar-refractivity contribution in [3.05, 3.63) is 41.7 Å². The molecule has 2 aromatic heterocycles. The quantitative estimate of drug-likeness (QED) is 0.799. The number of aromatic nitrogens is 5. The monoisotopic (exact) mass is 324 g/mol. The highest BCUT2D eigenvalue weighted by Gasteiger charge is 2.16. The van der Waals surface area contributed by atoms with Gasteiger partial charge in [0, 0.05) is 24.3 Å². The summed E-state index contributed by atoms with van der Waals surface area (Å²) in [5, 5.41) is 11.9. The Balaban J connectivity index is 1.64. The van der Waals surface area contributed by atoms with Crippen molar-refractivity contribution in [1.82, 2.24) is 25.0 Å². The van der Waals surface area contributed by atoms with Crippen LogP contribution in [0, 0.1) is 13.8 Å². The van der Waals surface area contributed by atoms with Crippen molar-refractivity contribution in [3.63, 3.8) is 0 Å². The molecule has 3 aromatic rings. The summed E-state index contributed by atoms with van der Waals surface area (Å²) in [6.07, 6.45) is 0. The Kier molecular flexibility index (Phi) is 3.78. The molecule has 0 radical (unpaired) electrons. The summed E-state index contributed by atoms with van der Waals surface area (Å²) < 4.78 is 7.32. The zero-order valence-corrected chi connectivity index (χ0v) is 13.9. The third-order valence-electron chi connectivity index (χ3n) is 4.14. The Labute approximate surface area is 140 Å². The van der Waals surface area contributed by atoms with Crippen LogP contribution >= 0.6 is 0 Å². The molecule has 1 aliphatic rings. The van der Waals surface area contributed by atoms with E-state index in [4.69, 9.17) is 4.74 Å². The van der Waals surface area contributed by atoms with Crippen molar-refractivity contribution < 1.29 is 4.74 Å². The molecule has 0 aliphatic carbocycles. The second kappa shape index (κ2) is 6.09. The van der Waals surface area contributed by atoms with Gasteiger partial charge in [-0.3, -0.25) is 5.10 Å². The number of nitrogens with one attached hydrogen (secondary N) is 1. The molecule has 1 aromatic carbocycles. The van der Waals surface area contributed by atoms with Gasteiger partial charge in [-0.2, -0.15) is 10.1 Å². The summed E-state index contributed by atoms with van der Waals surface area (Å²) in [6.45, 7) is 7.14. The summed E-state index contributed by atoms with van der Waals surface area (Å²) in [5.41, 5.74) is 4.12. The summed E-state index contributed by atoms with van der Waals surface area (Å²) >= 11 is 0. The number of benzene rings is 1. The van der Waals surface area contributed by atoms with Crippen molar-refractivity contribution in [2.75, 3.05) is 31.2 Å². The van der Waals surface area contributed by atoms with E-state index in [1.807, 2.05) is 29.8 Å². The van der Waals surface area contributed by atoms with Crippen LogP contribution in [0.1, 0.15) is 11.4 Å². The van der Waals surface area contributed by atoms with Crippen molar-refractivity contribution in [1.29, 1.82) is 0 Å². The molecule has 3 heterocycles. The van der Waals surface area contributed by atoms with Gasteiger partial charge in [0.15, 0.2) is 5.82 Å². The van der Waals surface area contributed by atoms with E-state index in [-0.39, 0.29) is 0 Å². The third-order valence-corrected chi connectivity index (χ3v) is 4.14. The molecule has 0 atom stereocenters. The van der Waals surface area contributed by atoms with Crippen LogP contribution < -0.4 is 4.90 Å². The fourth-order valence-corrected chi connectivity index (χ4v) is 2.96. The van der Waals surface area contributed by atoms with Crippen LogP contribution in [-0.4, -0.2) is 51.3 Å². The van der Waals surface area contributed by atoms with Crippen LogP contribution in [0.4, 0.5) is 5.95 Å². The lowest BCUT2D eigenvalue weighted by atomic mass is 10.2. The number of hydrogen-bond acceptors (Lipinski definition) is 5.